The maximum Gasteiger partial charge on any atom is 0.274 e. The maximum atomic E-state index is 13.5. The summed E-state index contributed by atoms with van der Waals surface area (Å²) in [5, 5.41) is 2.66. The number of anilines is 1. The fourth-order valence-electron chi connectivity index (χ4n) is 5.28. The second-order valence-electron chi connectivity index (χ2n) is 10.2. The van der Waals surface area contributed by atoms with Crippen molar-refractivity contribution in [2.24, 2.45) is 0 Å². The highest BCUT2D eigenvalue weighted by Crippen LogP contribution is 2.58. The van der Waals surface area contributed by atoms with E-state index >= 15 is 0 Å². The molecule has 2 atom stereocenters. The molecule has 3 aromatic heterocycles. The first-order valence-corrected chi connectivity index (χ1v) is 11.5. The van der Waals surface area contributed by atoms with Crippen molar-refractivity contribution in [1.29, 1.82) is 0 Å². The summed E-state index contributed by atoms with van der Waals surface area (Å²) in [6, 6.07) is 2.65. The van der Waals surface area contributed by atoms with Gasteiger partial charge in [0.15, 0.2) is 0 Å². The van der Waals surface area contributed by atoms with Gasteiger partial charge in [-0.05, 0) is 45.7 Å². The summed E-state index contributed by atoms with van der Waals surface area (Å²) in [7, 11) is 0. The van der Waals surface area contributed by atoms with Gasteiger partial charge in [-0.15, -0.1) is 0 Å². The minimum atomic E-state index is -1.03. The Balaban J connectivity index is 1.35. The van der Waals surface area contributed by atoms with Crippen molar-refractivity contribution < 1.29 is 18.7 Å². The molecule has 3 aromatic rings. The molecule has 5 heterocycles. The van der Waals surface area contributed by atoms with Crippen LogP contribution in [0, 0.1) is 0 Å². The first-order valence-electron chi connectivity index (χ1n) is 11.5. The summed E-state index contributed by atoms with van der Waals surface area (Å²) in [4.78, 5) is 35.2. The smallest absolute Gasteiger partial charge is 0.274 e. The van der Waals surface area contributed by atoms with E-state index in [-0.39, 0.29) is 34.3 Å². The molecule has 2 bridgehead atoms. The molecule has 0 aromatic carbocycles. The van der Waals surface area contributed by atoms with Crippen molar-refractivity contribution in [2.45, 2.75) is 69.4 Å². The van der Waals surface area contributed by atoms with Crippen molar-refractivity contribution in [3.05, 3.63) is 52.3 Å². The van der Waals surface area contributed by atoms with E-state index in [0.29, 0.717) is 18.8 Å². The van der Waals surface area contributed by atoms with Gasteiger partial charge in [0.1, 0.15) is 17.4 Å². The number of imidazole rings is 1. The molecule has 2 saturated carbocycles. The zero-order valence-electron chi connectivity index (χ0n) is 19.2. The second-order valence-corrected chi connectivity index (χ2v) is 10.2. The predicted octanol–water partition coefficient (Wildman–Crippen LogP) is 3.03. The number of aromatic nitrogens is 4. The Hall–Kier alpha value is -3.27. The molecule has 4 aliphatic rings. The number of ether oxygens (including phenoxy) is 2. The zero-order valence-corrected chi connectivity index (χ0v) is 19.2. The number of hydrogen-bond acceptors (Lipinski definition) is 6. The van der Waals surface area contributed by atoms with Gasteiger partial charge in [0.2, 0.25) is 11.7 Å². The van der Waals surface area contributed by atoms with Crippen molar-refractivity contribution in [3.63, 3.8) is 0 Å². The van der Waals surface area contributed by atoms with Gasteiger partial charge < -0.3 is 19.4 Å². The number of rotatable bonds is 6. The lowest BCUT2D eigenvalue weighted by Gasteiger charge is -2.41. The molecule has 1 amide bonds. The van der Waals surface area contributed by atoms with E-state index in [0.717, 1.165) is 18.5 Å². The number of alkyl halides is 1. The third kappa shape index (κ3) is 3.31. The molecular formula is C24H26FN5O4. The second kappa shape index (κ2) is 7.11. The largest absolute Gasteiger partial charge is 0.474 e. The highest BCUT2D eigenvalue weighted by atomic mass is 19.1. The predicted molar refractivity (Wildman–Crippen MR) is 121 cm³/mol. The lowest BCUT2D eigenvalue weighted by molar-refractivity contribution is 0.0154. The highest BCUT2D eigenvalue weighted by Gasteiger charge is 2.61. The van der Waals surface area contributed by atoms with Crippen LogP contribution in [0.4, 0.5) is 10.1 Å². The number of pyridine rings is 1. The monoisotopic (exact) mass is 467 g/mol. The van der Waals surface area contributed by atoms with E-state index < -0.39 is 23.7 Å². The van der Waals surface area contributed by atoms with Gasteiger partial charge in [0.05, 0.1) is 30.0 Å². The van der Waals surface area contributed by atoms with Gasteiger partial charge in [-0.25, -0.2) is 9.37 Å². The van der Waals surface area contributed by atoms with Crippen LogP contribution in [-0.2, 0) is 10.2 Å². The molecule has 34 heavy (non-hydrogen) atoms. The van der Waals surface area contributed by atoms with Crippen LogP contribution in [0.25, 0.3) is 5.78 Å². The normalized spacial score (nSPS) is 29.3. The van der Waals surface area contributed by atoms with E-state index in [1.807, 2.05) is 20.0 Å². The number of nitrogens with one attached hydrogen (secondary N) is 1. The number of carbonyl (C=O) groups excluding carboxylic acids is 1. The van der Waals surface area contributed by atoms with E-state index in [1.54, 1.807) is 16.7 Å². The molecule has 0 radical (unpaired) electrons. The summed E-state index contributed by atoms with van der Waals surface area (Å²) in [5.41, 5.74) is 0.498. The summed E-state index contributed by atoms with van der Waals surface area (Å²) < 4.78 is 28.3. The SMILES string of the molecule is CC(C)Oc1nc2nc([C@]34CO[C@](C)(C3)C4)cn2cc1C(=O)Nc1cccn(C2CC2F)c1=O. The van der Waals surface area contributed by atoms with Crippen molar-refractivity contribution >= 4 is 17.4 Å². The molecule has 2 aliphatic heterocycles. The van der Waals surface area contributed by atoms with Crippen LogP contribution < -0.4 is 15.6 Å². The van der Waals surface area contributed by atoms with Crippen LogP contribution in [0.15, 0.2) is 35.5 Å². The maximum absolute atomic E-state index is 13.5. The van der Waals surface area contributed by atoms with E-state index in [9.17, 15) is 14.0 Å². The van der Waals surface area contributed by atoms with Crippen LogP contribution in [0.5, 0.6) is 5.88 Å². The standard InChI is InChI=1S/C24H26FN5O4/c1-13(2)34-20-14(19(31)26-16-5-4-6-30(21(16)32)17-7-15(17)25)8-29-9-18(27-22(29)28-20)24-10-23(3,11-24)33-12-24/h4-6,8-9,13,15,17H,7,10-12H2,1-3H3,(H,26,31)/t15?,17?,23-,24-. The van der Waals surface area contributed by atoms with Gasteiger partial charge >= 0.3 is 0 Å². The lowest BCUT2D eigenvalue weighted by Crippen LogP contribution is -2.45. The van der Waals surface area contributed by atoms with E-state index in [1.165, 1.54) is 16.8 Å². The number of nitrogens with zero attached hydrogens (tertiary/aromatic N) is 4. The molecular weight excluding hydrogens is 441 g/mol. The Morgan fingerprint density at radius 1 is 1.32 bits per heavy atom. The fourth-order valence-corrected chi connectivity index (χ4v) is 5.28. The first kappa shape index (κ1) is 21.3. The van der Waals surface area contributed by atoms with Gasteiger partial charge in [0, 0.05) is 30.4 Å². The third-order valence-electron chi connectivity index (χ3n) is 6.93. The third-order valence-corrected chi connectivity index (χ3v) is 6.93. The zero-order chi connectivity index (χ0) is 23.8. The molecule has 178 valence electrons. The van der Waals surface area contributed by atoms with Crippen LogP contribution >= 0.6 is 0 Å². The molecule has 2 saturated heterocycles. The minimum absolute atomic E-state index is 0.0734. The summed E-state index contributed by atoms with van der Waals surface area (Å²) in [6.07, 6.45) is 5.91. The van der Waals surface area contributed by atoms with Gasteiger partial charge in [-0.3, -0.25) is 14.0 Å². The quantitative estimate of drug-likeness (QED) is 0.598. The Labute approximate surface area is 194 Å². The van der Waals surface area contributed by atoms with Gasteiger partial charge in [-0.2, -0.15) is 4.98 Å². The molecule has 9 nitrogen and oxygen atoms in total. The summed E-state index contributed by atoms with van der Waals surface area (Å²) in [5.74, 6) is 0.0289. The fraction of sp³-hybridized carbons (Fsp3) is 0.500. The summed E-state index contributed by atoms with van der Waals surface area (Å²) in [6.45, 7) is 6.41. The highest BCUT2D eigenvalue weighted by molar-refractivity contribution is 6.05. The Morgan fingerprint density at radius 3 is 2.74 bits per heavy atom. The van der Waals surface area contributed by atoms with E-state index in [2.05, 4.69) is 17.2 Å². The Morgan fingerprint density at radius 2 is 2.09 bits per heavy atom. The average Bonchev–Trinajstić information content (AvgIpc) is 3.08. The number of halogens is 1. The van der Waals surface area contributed by atoms with Crippen molar-refractivity contribution in [2.75, 3.05) is 11.9 Å². The average molecular weight is 468 g/mol. The Bertz CT molecular complexity index is 1370. The number of amides is 1. The number of fused-ring (bicyclic) bond motifs is 2. The van der Waals surface area contributed by atoms with Gasteiger partial charge in [0.25, 0.3) is 11.5 Å². The molecule has 1 N–H and O–H groups in total. The van der Waals surface area contributed by atoms with Crippen LogP contribution in [0.3, 0.4) is 0 Å². The topological polar surface area (TPSA) is 99.8 Å². The van der Waals surface area contributed by atoms with Crippen LogP contribution in [0.2, 0.25) is 0 Å². The molecule has 2 unspecified atom stereocenters. The van der Waals surface area contributed by atoms with Gasteiger partial charge in [-0.1, -0.05) is 0 Å². The number of hydrogen-bond donors (Lipinski definition) is 1. The molecule has 10 heteroatoms. The molecule has 0 spiro atoms. The molecule has 7 rings (SSSR count). The lowest BCUT2D eigenvalue weighted by atomic mass is 9.62. The van der Waals surface area contributed by atoms with Crippen molar-refractivity contribution in [3.8, 4) is 5.88 Å². The van der Waals surface area contributed by atoms with E-state index in [4.69, 9.17) is 14.5 Å². The minimum Gasteiger partial charge on any atom is -0.474 e. The first-order chi connectivity index (χ1) is 16.2. The Kier molecular flexibility index (Phi) is 4.45. The summed E-state index contributed by atoms with van der Waals surface area (Å²) >= 11 is 0. The molecule has 4 fully saturated rings. The van der Waals surface area contributed by atoms with Crippen molar-refractivity contribution in [1.82, 2.24) is 18.9 Å². The van der Waals surface area contributed by atoms with Crippen LogP contribution in [0.1, 0.15) is 62.1 Å². The number of carbonyl (C=O) groups is 1. The van der Waals surface area contributed by atoms with Crippen LogP contribution in [-0.4, -0.2) is 49.3 Å². The molecule has 2 aliphatic carbocycles.